The lowest BCUT2D eigenvalue weighted by Crippen LogP contribution is -2.37. The summed E-state index contributed by atoms with van der Waals surface area (Å²) in [4.78, 5) is 37.5. The van der Waals surface area contributed by atoms with E-state index in [0.29, 0.717) is 11.6 Å². The van der Waals surface area contributed by atoms with Gasteiger partial charge in [0.1, 0.15) is 18.0 Å². The van der Waals surface area contributed by atoms with Crippen molar-refractivity contribution in [2.75, 3.05) is 13.2 Å². The predicted molar refractivity (Wildman–Crippen MR) is 126 cm³/mol. The second-order valence-corrected chi connectivity index (χ2v) is 8.54. The van der Waals surface area contributed by atoms with Gasteiger partial charge in [0.2, 0.25) is 5.78 Å². The molecule has 0 bridgehead atoms. The van der Waals surface area contributed by atoms with E-state index in [4.69, 9.17) is 14.6 Å². The van der Waals surface area contributed by atoms with Crippen LogP contribution in [0.2, 0.25) is 0 Å². The number of rotatable bonds is 11. The van der Waals surface area contributed by atoms with Crippen LogP contribution in [0.5, 0.6) is 0 Å². The molecule has 1 aliphatic carbocycles. The topological polar surface area (TPSA) is 114 Å². The normalized spacial score (nSPS) is 14.9. The number of halogens is 3. The number of aliphatic hydroxyl groups is 1. The molecule has 0 spiro atoms. The number of hydrogen-bond donors (Lipinski definition) is 3. The number of hydrogen-bond acceptors (Lipinski definition) is 7. The monoisotopic (exact) mass is 520 g/mol. The number of Topliss-reactive ketones (excluding diaryl/α,β-unsaturated/α-hetero) is 1. The highest BCUT2D eigenvalue weighted by molar-refractivity contribution is 6.24. The first-order valence-electron chi connectivity index (χ1n) is 11.6. The average molecular weight is 521 g/mol. The molecule has 0 aromatic heterocycles. The summed E-state index contributed by atoms with van der Waals surface area (Å²) >= 11 is 0. The minimum Gasteiger partial charge on any atom is -0.462 e. The van der Waals surface area contributed by atoms with E-state index in [2.05, 4.69) is 10.6 Å². The maximum absolute atomic E-state index is 15.2. The number of nitrogens with one attached hydrogen (secondary N) is 2. The summed E-state index contributed by atoms with van der Waals surface area (Å²) < 4.78 is 55.3. The highest BCUT2D eigenvalue weighted by Crippen LogP contribution is 2.48. The van der Waals surface area contributed by atoms with Crippen LogP contribution < -0.4 is 10.6 Å². The van der Waals surface area contributed by atoms with E-state index >= 15 is 13.2 Å². The van der Waals surface area contributed by atoms with Crippen LogP contribution in [0.15, 0.2) is 48.2 Å². The van der Waals surface area contributed by atoms with Crippen molar-refractivity contribution in [2.24, 2.45) is 0 Å². The molecule has 0 radical (unpaired) electrons. The number of aliphatic hydroxyl groups excluding tert-OH is 1. The lowest BCUT2D eigenvalue weighted by atomic mass is 9.96. The first-order chi connectivity index (χ1) is 17.6. The van der Waals surface area contributed by atoms with Crippen molar-refractivity contribution in [3.05, 3.63) is 82.3 Å². The van der Waals surface area contributed by atoms with E-state index in [9.17, 15) is 14.4 Å². The Morgan fingerprint density at radius 3 is 2.38 bits per heavy atom. The van der Waals surface area contributed by atoms with Gasteiger partial charge < -0.3 is 25.2 Å². The van der Waals surface area contributed by atoms with E-state index < -0.39 is 63.6 Å². The van der Waals surface area contributed by atoms with Gasteiger partial charge in [-0.15, -0.1) is 0 Å². The van der Waals surface area contributed by atoms with Crippen molar-refractivity contribution in [1.82, 2.24) is 10.6 Å². The number of carbonyl (C=O) groups is 3. The summed E-state index contributed by atoms with van der Waals surface area (Å²) in [5, 5.41) is 14.1. The fraction of sp³-hybridized carbons (Fsp3) is 0.346. The Labute approximate surface area is 211 Å². The van der Waals surface area contributed by atoms with Crippen LogP contribution in [0.4, 0.5) is 18.0 Å². The van der Waals surface area contributed by atoms with Crippen molar-refractivity contribution in [3.63, 3.8) is 0 Å². The minimum atomic E-state index is -1.68. The van der Waals surface area contributed by atoms with E-state index in [-0.39, 0.29) is 32.7 Å². The van der Waals surface area contributed by atoms with Crippen molar-refractivity contribution in [3.8, 4) is 0 Å². The van der Waals surface area contributed by atoms with Crippen LogP contribution in [0.25, 0.3) is 0 Å². The molecule has 2 aromatic rings. The molecule has 3 N–H and O–H groups in total. The van der Waals surface area contributed by atoms with Gasteiger partial charge in [0.25, 0.3) is 0 Å². The van der Waals surface area contributed by atoms with Crippen LogP contribution >= 0.6 is 0 Å². The predicted octanol–water partition coefficient (Wildman–Crippen LogP) is 3.62. The number of ether oxygens (including phenoxy) is 2. The Hall–Kier alpha value is -3.86. The molecule has 1 unspecified atom stereocenters. The van der Waals surface area contributed by atoms with Gasteiger partial charge in [0, 0.05) is 12.2 Å². The molecule has 1 fully saturated rings. The van der Waals surface area contributed by atoms with Gasteiger partial charge >= 0.3 is 12.1 Å². The first-order valence-corrected chi connectivity index (χ1v) is 11.6. The van der Waals surface area contributed by atoms with Gasteiger partial charge in [-0.1, -0.05) is 30.3 Å². The third-order valence-electron chi connectivity index (χ3n) is 5.71. The summed E-state index contributed by atoms with van der Waals surface area (Å²) in [6.07, 6.45) is 0.185. The average Bonchev–Trinajstić information content (AvgIpc) is 3.65. The summed E-state index contributed by atoms with van der Waals surface area (Å²) in [5.74, 6) is -7.08. The maximum atomic E-state index is 15.2. The van der Waals surface area contributed by atoms with Crippen LogP contribution in [-0.4, -0.2) is 42.2 Å². The Morgan fingerprint density at radius 2 is 1.78 bits per heavy atom. The van der Waals surface area contributed by atoms with E-state index in [1.54, 1.807) is 30.3 Å². The third-order valence-corrected chi connectivity index (χ3v) is 5.71. The largest absolute Gasteiger partial charge is 0.462 e. The van der Waals surface area contributed by atoms with Gasteiger partial charge in [0.05, 0.1) is 29.9 Å². The molecule has 0 saturated heterocycles. The van der Waals surface area contributed by atoms with E-state index in [1.807, 2.05) is 0 Å². The van der Waals surface area contributed by atoms with E-state index in [0.717, 1.165) is 6.20 Å². The fourth-order valence-electron chi connectivity index (χ4n) is 3.57. The Morgan fingerprint density at radius 1 is 1.11 bits per heavy atom. The Kier molecular flexibility index (Phi) is 8.93. The van der Waals surface area contributed by atoms with Crippen molar-refractivity contribution < 1.29 is 42.1 Å². The molecule has 11 heteroatoms. The Balaban J connectivity index is 1.86. The van der Waals surface area contributed by atoms with Gasteiger partial charge in [-0.05, 0) is 38.3 Å². The molecular weight excluding hydrogens is 493 g/mol. The fourth-order valence-corrected chi connectivity index (χ4v) is 3.57. The summed E-state index contributed by atoms with van der Waals surface area (Å²) in [5.41, 5.74) is -3.33. The lowest BCUT2D eigenvalue weighted by Gasteiger charge is -2.20. The minimum absolute atomic E-state index is 0.0819. The second kappa shape index (κ2) is 11.9. The second-order valence-electron chi connectivity index (χ2n) is 8.54. The van der Waals surface area contributed by atoms with Gasteiger partial charge in [0.15, 0.2) is 11.6 Å². The molecule has 0 heterocycles. The smallest absolute Gasteiger partial charge is 0.408 e. The molecule has 1 saturated carbocycles. The Bertz CT molecular complexity index is 1200. The zero-order valence-corrected chi connectivity index (χ0v) is 20.3. The van der Waals surface area contributed by atoms with Crippen LogP contribution in [0, 0.1) is 17.5 Å². The quantitative estimate of drug-likeness (QED) is 0.104. The number of benzene rings is 2. The van der Waals surface area contributed by atoms with Crippen molar-refractivity contribution >= 4 is 17.8 Å². The van der Waals surface area contributed by atoms with Crippen LogP contribution in [0.1, 0.15) is 48.2 Å². The van der Waals surface area contributed by atoms with Crippen LogP contribution in [0.3, 0.4) is 0 Å². The number of carbonyl (C=O) groups excluding carboxylic acids is 3. The molecule has 8 nitrogen and oxygen atoms in total. The zero-order valence-electron chi connectivity index (χ0n) is 20.3. The number of alkyl carbamates (subject to hydrolysis) is 1. The van der Waals surface area contributed by atoms with Gasteiger partial charge in [-0.2, -0.15) is 0 Å². The van der Waals surface area contributed by atoms with E-state index in [1.165, 1.54) is 13.8 Å². The molecular formula is C26H27F3N2O6. The van der Waals surface area contributed by atoms with Crippen molar-refractivity contribution in [2.45, 2.75) is 44.9 Å². The first kappa shape index (κ1) is 27.7. The summed E-state index contributed by atoms with van der Waals surface area (Å²) in [7, 11) is 0. The van der Waals surface area contributed by atoms with Gasteiger partial charge in [-0.3, -0.25) is 4.79 Å². The standard InChI is InChI=1S/C26H27F3N2O6/c1-3-36-24(34)18(12-30-15(2)13-32)23(33)17-11-19(27)20(22(29)21(17)28)26(9-10-26)31-25(35)37-14-16-7-5-4-6-8-16/h4-8,11-12,15,30,32H,3,9-10,13-14H2,1-2H3,(H,31,35)/b18-12-. The summed E-state index contributed by atoms with van der Waals surface area (Å²) in [6, 6.07) is 8.64. The molecule has 0 aliphatic heterocycles. The molecule has 198 valence electrons. The molecule has 3 rings (SSSR count). The molecule has 1 aliphatic rings. The highest BCUT2D eigenvalue weighted by Gasteiger charge is 2.51. The molecule has 1 atom stereocenters. The highest BCUT2D eigenvalue weighted by atomic mass is 19.2. The zero-order chi connectivity index (χ0) is 27.2. The molecule has 37 heavy (non-hydrogen) atoms. The van der Waals surface area contributed by atoms with Gasteiger partial charge in [-0.25, -0.2) is 22.8 Å². The van der Waals surface area contributed by atoms with Crippen LogP contribution in [-0.2, 0) is 26.4 Å². The maximum Gasteiger partial charge on any atom is 0.408 e. The third kappa shape index (κ3) is 6.48. The molecule has 2 aromatic carbocycles. The number of amides is 1. The summed E-state index contributed by atoms with van der Waals surface area (Å²) in [6.45, 7) is 2.46. The molecule has 1 amide bonds. The SMILES string of the molecule is CCOC(=O)/C(=C\NC(C)CO)C(=O)c1cc(F)c(C2(NC(=O)OCc3ccccc3)CC2)c(F)c1F. The number of esters is 1. The lowest BCUT2D eigenvalue weighted by molar-refractivity contribution is -0.138. The number of ketones is 1. The van der Waals surface area contributed by atoms with Crippen molar-refractivity contribution in [1.29, 1.82) is 0 Å².